The summed E-state index contributed by atoms with van der Waals surface area (Å²) in [5, 5.41) is 9.56. The van der Waals surface area contributed by atoms with E-state index >= 15 is 0 Å². The first-order valence-electron chi connectivity index (χ1n) is 7.10. The minimum atomic E-state index is 0.548. The van der Waals surface area contributed by atoms with E-state index in [2.05, 4.69) is 13.0 Å². The third kappa shape index (κ3) is 6.50. The highest BCUT2D eigenvalue weighted by Crippen LogP contribution is 2.23. The summed E-state index contributed by atoms with van der Waals surface area (Å²) in [6.07, 6.45) is 8.76. The van der Waals surface area contributed by atoms with E-state index in [1.165, 1.54) is 38.5 Å². The molecule has 0 fully saturated rings. The molecule has 0 N–H and O–H groups in total. The Bertz CT molecular complexity index is 412. The third-order valence-corrected chi connectivity index (χ3v) is 3.30. The lowest BCUT2D eigenvalue weighted by atomic mass is 10.1. The fourth-order valence-corrected chi connectivity index (χ4v) is 2.11. The van der Waals surface area contributed by atoms with Crippen LogP contribution in [0.1, 0.15) is 57.4 Å². The van der Waals surface area contributed by atoms with Crippen LogP contribution >= 0.6 is 11.6 Å². The highest BCUT2D eigenvalue weighted by atomic mass is 35.5. The molecule has 0 aliphatic heterocycles. The van der Waals surface area contributed by atoms with Gasteiger partial charge in [0.1, 0.15) is 11.8 Å². The smallest absolute Gasteiger partial charge is 0.138 e. The summed E-state index contributed by atoms with van der Waals surface area (Å²) in [6, 6.07) is 7.23. The van der Waals surface area contributed by atoms with E-state index in [-0.39, 0.29) is 0 Å². The molecule has 1 rings (SSSR count). The maximum absolute atomic E-state index is 8.96. The average Bonchev–Trinajstić information content (AvgIpc) is 2.42. The van der Waals surface area contributed by atoms with Gasteiger partial charge in [-0.3, -0.25) is 0 Å². The van der Waals surface area contributed by atoms with Crippen molar-refractivity contribution >= 4 is 11.6 Å². The second-order valence-corrected chi connectivity index (χ2v) is 5.16. The summed E-state index contributed by atoms with van der Waals surface area (Å²) < 4.78 is 5.63. The largest absolute Gasteiger partial charge is 0.492 e. The minimum Gasteiger partial charge on any atom is -0.492 e. The second kappa shape index (κ2) is 9.69. The number of halogens is 1. The molecule has 0 saturated carbocycles. The molecule has 0 radical (unpaired) electrons. The molecule has 0 aliphatic carbocycles. The average molecular weight is 280 g/mol. The van der Waals surface area contributed by atoms with Crippen LogP contribution in [0.5, 0.6) is 5.75 Å². The topological polar surface area (TPSA) is 33.0 Å². The Morgan fingerprint density at radius 2 is 1.79 bits per heavy atom. The summed E-state index contributed by atoms with van der Waals surface area (Å²) in [7, 11) is 0. The fourth-order valence-electron chi connectivity index (χ4n) is 1.95. The van der Waals surface area contributed by atoms with Gasteiger partial charge in [0, 0.05) is 11.1 Å². The fraction of sp³-hybridized carbons (Fsp3) is 0.562. The number of rotatable bonds is 9. The van der Waals surface area contributed by atoms with Gasteiger partial charge in [-0.1, -0.05) is 57.0 Å². The van der Waals surface area contributed by atoms with Crippen LogP contribution in [0.2, 0.25) is 5.02 Å². The summed E-state index contributed by atoms with van der Waals surface area (Å²) in [5.41, 5.74) is 0.548. The van der Waals surface area contributed by atoms with Gasteiger partial charge >= 0.3 is 0 Å². The summed E-state index contributed by atoms with van der Waals surface area (Å²) >= 11 is 5.90. The lowest BCUT2D eigenvalue weighted by Crippen LogP contribution is -1.99. The predicted octanol–water partition coefficient (Wildman–Crippen LogP) is 5.34. The first kappa shape index (κ1) is 15.9. The van der Waals surface area contributed by atoms with Gasteiger partial charge < -0.3 is 4.74 Å². The van der Waals surface area contributed by atoms with Crippen LogP contribution in [0.25, 0.3) is 0 Å². The van der Waals surface area contributed by atoms with Gasteiger partial charge in [-0.25, -0.2) is 0 Å². The number of nitriles is 1. The zero-order chi connectivity index (χ0) is 13.9. The highest BCUT2D eigenvalue weighted by Gasteiger charge is 2.03. The monoisotopic (exact) mass is 279 g/mol. The first-order valence-corrected chi connectivity index (χ1v) is 7.48. The van der Waals surface area contributed by atoms with Crippen molar-refractivity contribution in [2.75, 3.05) is 6.61 Å². The molecule has 1 aromatic carbocycles. The molecule has 104 valence electrons. The summed E-state index contributed by atoms with van der Waals surface area (Å²) in [6.45, 7) is 2.88. The molecule has 0 bridgehead atoms. The van der Waals surface area contributed by atoms with Gasteiger partial charge in [-0.05, 0) is 18.6 Å². The molecule has 1 aromatic rings. The predicted molar refractivity (Wildman–Crippen MR) is 79.7 cm³/mol. The first-order chi connectivity index (χ1) is 9.27. The Labute approximate surface area is 121 Å². The van der Waals surface area contributed by atoms with Crippen molar-refractivity contribution in [3.8, 4) is 11.8 Å². The number of hydrogen-bond acceptors (Lipinski definition) is 2. The Kier molecular flexibility index (Phi) is 8.09. The maximum Gasteiger partial charge on any atom is 0.138 e. The molecule has 19 heavy (non-hydrogen) atoms. The van der Waals surface area contributed by atoms with E-state index < -0.39 is 0 Å². The van der Waals surface area contributed by atoms with Crippen molar-refractivity contribution in [3.63, 3.8) is 0 Å². The SMILES string of the molecule is CCCCCCCCCOc1cc(Cl)ccc1C#N. The van der Waals surface area contributed by atoms with Crippen LogP contribution < -0.4 is 4.74 Å². The minimum absolute atomic E-state index is 0.548. The third-order valence-electron chi connectivity index (χ3n) is 3.07. The van der Waals surface area contributed by atoms with Gasteiger partial charge in [0.25, 0.3) is 0 Å². The van der Waals surface area contributed by atoms with E-state index in [1.807, 2.05) is 0 Å². The molecule has 0 saturated heterocycles. The molecule has 0 aliphatic rings. The Hall–Kier alpha value is -1.20. The second-order valence-electron chi connectivity index (χ2n) is 4.72. The van der Waals surface area contributed by atoms with E-state index in [4.69, 9.17) is 21.6 Å². The van der Waals surface area contributed by atoms with Crippen molar-refractivity contribution in [2.45, 2.75) is 51.9 Å². The quantitative estimate of drug-likeness (QED) is 0.572. The lowest BCUT2D eigenvalue weighted by Gasteiger charge is -2.08. The molecule has 0 unspecified atom stereocenters. The number of hydrogen-bond donors (Lipinski definition) is 0. The lowest BCUT2D eigenvalue weighted by molar-refractivity contribution is 0.303. The van der Waals surface area contributed by atoms with Crippen LogP contribution in [-0.4, -0.2) is 6.61 Å². The molecule has 2 nitrogen and oxygen atoms in total. The molecular weight excluding hydrogens is 258 g/mol. The van der Waals surface area contributed by atoms with Gasteiger partial charge in [0.2, 0.25) is 0 Å². The number of nitrogens with zero attached hydrogens (tertiary/aromatic N) is 1. The van der Waals surface area contributed by atoms with Crippen LogP contribution in [0.15, 0.2) is 18.2 Å². The van der Waals surface area contributed by atoms with Crippen LogP contribution in [0, 0.1) is 11.3 Å². The highest BCUT2D eigenvalue weighted by molar-refractivity contribution is 6.30. The molecule has 0 aromatic heterocycles. The van der Waals surface area contributed by atoms with Crippen molar-refractivity contribution < 1.29 is 4.74 Å². The van der Waals surface area contributed by atoms with Crippen LogP contribution in [0.4, 0.5) is 0 Å². The van der Waals surface area contributed by atoms with Crippen molar-refractivity contribution in [1.82, 2.24) is 0 Å². The van der Waals surface area contributed by atoms with E-state index in [0.717, 1.165) is 6.42 Å². The molecule has 3 heteroatoms. The van der Waals surface area contributed by atoms with Gasteiger partial charge in [0.05, 0.1) is 12.2 Å². The maximum atomic E-state index is 8.96. The normalized spacial score (nSPS) is 10.2. The van der Waals surface area contributed by atoms with E-state index in [0.29, 0.717) is 22.9 Å². The Morgan fingerprint density at radius 1 is 1.11 bits per heavy atom. The zero-order valence-electron chi connectivity index (χ0n) is 11.6. The molecule has 0 spiro atoms. The number of benzene rings is 1. The van der Waals surface area contributed by atoms with Crippen molar-refractivity contribution in [3.05, 3.63) is 28.8 Å². The number of unbranched alkanes of at least 4 members (excludes halogenated alkanes) is 6. The Balaban J connectivity index is 2.19. The van der Waals surface area contributed by atoms with Crippen molar-refractivity contribution in [2.24, 2.45) is 0 Å². The number of ether oxygens (including phenoxy) is 1. The molecular formula is C16H22ClNO. The molecule has 0 atom stereocenters. The summed E-state index contributed by atoms with van der Waals surface area (Å²) in [5.74, 6) is 0.598. The van der Waals surface area contributed by atoms with Gasteiger partial charge in [0.15, 0.2) is 0 Å². The Morgan fingerprint density at radius 3 is 2.47 bits per heavy atom. The standard InChI is InChI=1S/C16H22ClNO/c1-2-3-4-5-6-7-8-11-19-16-12-15(17)10-9-14(16)13-18/h9-10,12H,2-8,11H2,1H3. The molecule has 0 heterocycles. The van der Waals surface area contributed by atoms with Crippen LogP contribution in [-0.2, 0) is 0 Å². The molecule has 0 amide bonds. The van der Waals surface area contributed by atoms with Gasteiger partial charge in [-0.15, -0.1) is 0 Å². The summed E-state index contributed by atoms with van der Waals surface area (Å²) in [4.78, 5) is 0. The van der Waals surface area contributed by atoms with Crippen LogP contribution in [0.3, 0.4) is 0 Å². The van der Waals surface area contributed by atoms with E-state index in [9.17, 15) is 0 Å². The zero-order valence-corrected chi connectivity index (χ0v) is 12.4. The van der Waals surface area contributed by atoms with Crippen molar-refractivity contribution in [1.29, 1.82) is 5.26 Å². The van der Waals surface area contributed by atoms with Gasteiger partial charge in [-0.2, -0.15) is 5.26 Å². The van der Waals surface area contributed by atoms with E-state index in [1.54, 1.807) is 18.2 Å².